The van der Waals surface area contributed by atoms with Gasteiger partial charge in [0, 0.05) is 23.8 Å². The van der Waals surface area contributed by atoms with Crippen LogP contribution < -0.4 is 15.5 Å². The fourth-order valence-electron chi connectivity index (χ4n) is 4.51. The summed E-state index contributed by atoms with van der Waals surface area (Å²) in [5.41, 5.74) is 2.91. The minimum Gasteiger partial charge on any atom is -0.326 e. The Morgan fingerprint density at radius 2 is 1.76 bits per heavy atom. The average Bonchev–Trinajstić information content (AvgIpc) is 3.44. The number of nitrogens with one attached hydrogen (secondary N) is 2. The Morgan fingerprint density at radius 1 is 1.07 bits per heavy atom. The summed E-state index contributed by atoms with van der Waals surface area (Å²) in [6, 6.07) is 17.4. The van der Waals surface area contributed by atoms with Crippen molar-refractivity contribution >= 4 is 23.2 Å². The predicted octanol–water partition coefficient (Wildman–Crippen LogP) is 3.61. The molecule has 2 N–H and O–H groups in total. The lowest BCUT2D eigenvalue weighted by atomic mass is 9.92. The lowest BCUT2D eigenvalue weighted by Gasteiger charge is -2.23. The maximum absolute atomic E-state index is 12.7. The summed E-state index contributed by atoms with van der Waals surface area (Å²) in [4.78, 5) is 27.1. The first kappa shape index (κ1) is 19.6. The van der Waals surface area contributed by atoms with E-state index in [4.69, 9.17) is 0 Å². The highest BCUT2D eigenvalue weighted by atomic mass is 16.2. The van der Waals surface area contributed by atoms with Crippen LogP contribution in [-0.4, -0.2) is 31.4 Å². The van der Waals surface area contributed by atoms with Gasteiger partial charge in [-0.3, -0.25) is 9.59 Å². The molecule has 2 amide bonds. The molecule has 2 fully saturated rings. The predicted molar refractivity (Wildman–Crippen MR) is 116 cm³/mol. The van der Waals surface area contributed by atoms with E-state index in [1.54, 1.807) is 4.90 Å². The third-order valence-corrected chi connectivity index (χ3v) is 6.37. The molecule has 4 rings (SSSR count). The maximum atomic E-state index is 12.7. The molecule has 1 unspecified atom stereocenters. The van der Waals surface area contributed by atoms with Crippen LogP contribution >= 0.6 is 0 Å². The van der Waals surface area contributed by atoms with Gasteiger partial charge in [-0.1, -0.05) is 30.3 Å². The Bertz CT molecular complexity index is 857. The van der Waals surface area contributed by atoms with E-state index in [0.29, 0.717) is 13.0 Å². The van der Waals surface area contributed by atoms with Crippen LogP contribution in [0.1, 0.15) is 31.7 Å². The molecule has 1 saturated carbocycles. The second-order valence-electron chi connectivity index (χ2n) is 8.21. The van der Waals surface area contributed by atoms with Crippen molar-refractivity contribution in [1.29, 1.82) is 0 Å². The summed E-state index contributed by atoms with van der Waals surface area (Å²) < 4.78 is 0. The summed E-state index contributed by atoms with van der Waals surface area (Å²) in [6.07, 6.45) is 3.55. The molecular weight excluding hydrogens is 362 g/mol. The molecule has 1 spiro atoms. The summed E-state index contributed by atoms with van der Waals surface area (Å²) >= 11 is 0. The number of carbonyl (C=O) groups is 2. The molecule has 0 radical (unpaired) electrons. The van der Waals surface area contributed by atoms with Gasteiger partial charge in [0.2, 0.25) is 11.8 Å². The van der Waals surface area contributed by atoms with Crippen LogP contribution in [0.3, 0.4) is 0 Å². The highest BCUT2D eigenvalue weighted by molar-refractivity contribution is 5.96. The van der Waals surface area contributed by atoms with Crippen molar-refractivity contribution in [3.8, 4) is 0 Å². The number of benzene rings is 2. The molecule has 2 aromatic rings. The summed E-state index contributed by atoms with van der Waals surface area (Å²) in [7, 11) is 0. The summed E-state index contributed by atoms with van der Waals surface area (Å²) in [5.74, 6) is 0.355. The van der Waals surface area contributed by atoms with Gasteiger partial charge in [0.05, 0.1) is 6.42 Å². The first-order valence-corrected chi connectivity index (χ1v) is 10.6. The van der Waals surface area contributed by atoms with E-state index in [2.05, 4.69) is 10.6 Å². The van der Waals surface area contributed by atoms with Crippen molar-refractivity contribution in [2.45, 2.75) is 32.6 Å². The Labute approximate surface area is 172 Å². The van der Waals surface area contributed by atoms with E-state index in [1.807, 2.05) is 61.5 Å². The Morgan fingerprint density at radius 3 is 2.41 bits per heavy atom. The zero-order valence-corrected chi connectivity index (χ0v) is 17.0. The smallest absolute Gasteiger partial charge is 0.231 e. The number of hydrogen-bond donors (Lipinski definition) is 2. The molecule has 1 heterocycles. The topological polar surface area (TPSA) is 61.4 Å². The van der Waals surface area contributed by atoms with E-state index in [1.165, 1.54) is 0 Å². The molecule has 0 aromatic heterocycles. The van der Waals surface area contributed by atoms with Crippen LogP contribution in [0.25, 0.3) is 0 Å². The van der Waals surface area contributed by atoms with E-state index in [0.717, 1.165) is 49.3 Å². The van der Waals surface area contributed by atoms with Gasteiger partial charge in [-0.05, 0) is 74.5 Å². The normalized spacial score (nSPS) is 19.6. The number of carbonyl (C=O) groups excluding carboxylic acids is 2. The largest absolute Gasteiger partial charge is 0.326 e. The van der Waals surface area contributed by atoms with Crippen molar-refractivity contribution in [2.24, 2.45) is 11.3 Å². The van der Waals surface area contributed by atoms with Crippen molar-refractivity contribution in [3.05, 3.63) is 60.2 Å². The molecule has 1 saturated heterocycles. The van der Waals surface area contributed by atoms with Gasteiger partial charge in [0.15, 0.2) is 0 Å². The van der Waals surface area contributed by atoms with Crippen molar-refractivity contribution in [3.63, 3.8) is 0 Å². The maximum Gasteiger partial charge on any atom is 0.231 e. The standard InChI is InChI=1S/C24H29N3O2/c1-2-27(20-6-4-3-5-7-20)22(28)16-18-8-10-19(11-9-18)26-23(29)21-17-24(21)12-14-25-15-13-24/h3-11,21,25H,2,12-17H2,1H3,(H,26,29). The van der Waals surface area contributed by atoms with Crippen LogP contribution in [0.15, 0.2) is 54.6 Å². The zero-order chi connectivity index (χ0) is 20.3. The van der Waals surface area contributed by atoms with Crippen LogP contribution in [-0.2, 0) is 16.0 Å². The number of likely N-dealkylation sites (N-methyl/N-ethyl adjacent to an activating group) is 1. The van der Waals surface area contributed by atoms with E-state index in [9.17, 15) is 9.59 Å². The van der Waals surface area contributed by atoms with E-state index >= 15 is 0 Å². The number of rotatable bonds is 6. The van der Waals surface area contributed by atoms with Crippen molar-refractivity contribution < 1.29 is 9.59 Å². The Hall–Kier alpha value is -2.66. The quantitative estimate of drug-likeness (QED) is 0.791. The van der Waals surface area contributed by atoms with Crippen LogP contribution in [0, 0.1) is 11.3 Å². The molecule has 2 aliphatic rings. The Balaban J connectivity index is 1.33. The molecule has 1 aliphatic carbocycles. The average molecular weight is 392 g/mol. The molecule has 1 atom stereocenters. The molecule has 1 aliphatic heterocycles. The van der Waals surface area contributed by atoms with Gasteiger partial charge >= 0.3 is 0 Å². The Kier molecular flexibility index (Phi) is 5.67. The van der Waals surface area contributed by atoms with Gasteiger partial charge in [-0.15, -0.1) is 0 Å². The zero-order valence-electron chi connectivity index (χ0n) is 17.0. The van der Waals surface area contributed by atoms with Gasteiger partial charge in [0.1, 0.15) is 0 Å². The number of para-hydroxylation sites is 1. The van der Waals surface area contributed by atoms with Crippen LogP contribution in [0.4, 0.5) is 11.4 Å². The minimum atomic E-state index is 0.0707. The lowest BCUT2D eigenvalue weighted by molar-refractivity contribution is -0.119. The molecule has 5 nitrogen and oxygen atoms in total. The fraction of sp³-hybridized carbons (Fsp3) is 0.417. The second-order valence-corrected chi connectivity index (χ2v) is 8.21. The monoisotopic (exact) mass is 391 g/mol. The minimum absolute atomic E-state index is 0.0707. The third kappa shape index (κ3) is 4.35. The van der Waals surface area contributed by atoms with Crippen LogP contribution in [0.5, 0.6) is 0 Å². The van der Waals surface area contributed by atoms with Gasteiger partial charge in [-0.25, -0.2) is 0 Å². The third-order valence-electron chi connectivity index (χ3n) is 6.37. The van der Waals surface area contributed by atoms with Crippen molar-refractivity contribution in [2.75, 3.05) is 29.9 Å². The molecular formula is C24H29N3O2. The fourth-order valence-corrected chi connectivity index (χ4v) is 4.51. The molecule has 2 aromatic carbocycles. The van der Waals surface area contributed by atoms with Gasteiger partial charge in [-0.2, -0.15) is 0 Å². The molecule has 29 heavy (non-hydrogen) atoms. The number of nitrogens with zero attached hydrogens (tertiary/aromatic N) is 1. The van der Waals surface area contributed by atoms with Gasteiger partial charge < -0.3 is 15.5 Å². The second kappa shape index (κ2) is 8.37. The van der Waals surface area contributed by atoms with E-state index in [-0.39, 0.29) is 23.1 Å². The highest BCUT2D eigenvalue weighted by Crippen LogP contribution is 2.58. The number of amides is 2. The number of hydrogen-bond acceptors (Lipinski definition) is 3. The van der Waals surface area contributed by atoms with Crippen molar-refractivity contribution in [1.82, 2.24) is 5.32 Å². The number of anilines is 2. The van der Waals surface area contributed by atoms with Gasteiger partial charge in [0.25, 0.3) is 0 Å². The lowest BCUT2D eigenvalue weighted by Crippen LogP contribution is -2.32. The molecule has 152 valence electrons. The highest BCUT2D eigenvalue weighted by Gasteiger charge is 2.57. The first-order chi connectivity index (χ1) is 14.1. The summed E-state index contributed by atoms with van der Waals surface area (Å²) in [6.45, 7) is 4.65. The SMILES string of the molecule is CCN(C(=O)Cc1ccc(NC(=O)C2CC23CCNCC3)cc1)c1ccccc1. The number of piperidine rings is 1. The van der Waals surface area contributed by atoms with E-state index < -0.39 is 0 Å². The molecule has 0 bridgehead atoms. The summed E-state index contributed by atoms with van der Waals surface area (Å²) in [5, 5.41) is 6.43. The van der Waals surface area contributed by atoms with Crippen LogP contribution in [0.2, 0.25) is 0 Å². The first-order valence-electron chi connectivity index (χ1n) is 10.6. The molecule has 5 heteroatoms.